The Kier molecular flexibility index (Phi) is 4.33. The SMILES string of the molecule is Cc1nc(N(C)CC(C)C)ncc1CCl. The molecular weight excluding hydrogens is 210 g/mol. The van der Waals surface area contributed by atoms with Gasteiger partial charge in [-0.2, -0.15) is 0 Å². The fraction of sp³-hybridized carbons (Fsp3) is 0.636. The quantitative estimate of drug-likeness (QED) is 0.741. The lowest BCUT2D eigenvalue weighted by atomic mass is 10.2. The first-order valence-corrected chi connectivity index (χ1v) is 5.67. The molecule has 0 unspecified atom stereocenters. The minimum atomic E-state index is 0.472. The van der Waals surface area contributed by atoms with E-state index in [0.29, 0.717) is 11.8 Å². The highest BCUT2D eigenvalue weighted by molar-refractivity contribution is 6.17. The minimum absolute atomic E-state index is 0.472. The number of nitrogens with zero attached hydrogens (tertiary/aromatic N) is 3. The zero-order chi connectivity index (χ0) is 11.4. The molecule has 1 aromatic heterocycles. The Balaban J connectivity index is 2.82. The molecule has 0 atom stereocenters. The summed E-state index contributed by atoms with van der Waals surface area (Å²) in [5.74, 6) is 1.85. The monoisotopic (exact) mass is 227 g/mol. The molecule has 1 rings (SSSR count). The van der Waals surface area contributed by atoms with Gasteiger partial charge in [0, 0.05) is 31.0 Å². The third-order valence-corrected chi connectivity index (χ3v) is 2.48. The van der Waals surface area contributed by atoms with Crippen molar-refractivity contribution in [1.29, 1.82) is 0 Å². The van der Waals surface area contributed by atoms with Crippen LogP contribution in [0.15, 0.2) is 6.20 Å². The van der Waals surface area contributed by atoms with E-state index in [1.165, 1.54) is 0 Å². The molecule has 0 aromatic carbocycles. The standard InChI is InChI=1S/C11H18ClN3/c1-8(2)7-15(4)11-13-6-10(5-12)9(3)14-11/h6,8H,5,7H2,1-4H3. The maximum absolute atomic E-state index is 5.75. The van der Waals surface area contributed by atoms with Crippen LogP contribution in [-0.2, 0) is 5.88 Å². The highest BCUT2D eigenvalue weighted by Crippen LogP contribution is 2.12. The first-order chi connectivity index (χ1) is 7.04. The number of aryl methyl sites for hydroxylation is 1. The number of alkyl halides is 1. The summed E-state index contributed by atoms with van der Waals surface area (Å²) in [6.07, 6.45) is 1.81. The van der Waals surface area contributed by atoms with Gasteiger partial charge in [0.05, 0.1) is 5.88 Å². The van der Waals surface area contributed by atoms with Gasteiger partial charge in [-0.3, -0.25) is 0 Å². The zero-order valence-corrected chi connectivity index (χ0v) is 10.5. The number of hydrogen-bond acceptors (Lipinski definition) is 3. The molecule has 1 aromatic rings. The zero-order valence-electron chi connectivity index (χ0n) is 9.79. The molecule has 0 aliphatic rings. The van der Waals surface area contributed by atoms with Crippen LogP contribution >= 0.6 is 11.6 Å². The lowest BCUT2D eigenvalue weighted by molar-refractivity contribution is 0.629. The summed E-state index contributed by atoms with van der Waals surface area (Å²) in [6, 6.07) is 0. The van der Waals surface area contributed by atoms with E-state index in [1.807, 2.05) is 20.2 Å². The fourth-order valence-corrected chi connectivity index (χ4v) is 1.69. The molecule has 15 heavy (non-hydrogen) atoms. The maximum atomic E-state index is 5.75. The molecule has 4 heteroatoms. The highest BCUT2D eigenvalue weighted by Gasteiger charge is 2.08. The molecule has 0 aliphatic heterocycles. The van der Waals surface area contributed by atoms with Gasteiger partial charge < -0.3 is 4.90 Å². The smallest absolute Gasteiger partial charge is 0.225 e. The predicted molar refractivity (Wildman–Crippen MR) is 64.4 cm³/mol. The summed E-state index contributed by atoms with van der Waals surface area (Å²) in [5, 5.41) is 0. The second-order valence-electron chi connectivity index (χ2n) is 4.19. The van der Waals surface area contributed by atoms with Crippen molar-refractivity contribution < 1.29 is 0 Å². The highest BCUT2D eigenvalue weighted by atomic mass is 35.5. The van der Waals surface area contributed by atoms with Gasteiger partial charge in [-0.1, -0.05) is 13.8 Å². The van der Waals surface area contributed by atoms with E-state index in [0.717, 1.165) is 23.8 Å². The van der Waals surface area contributed by atoms with Crippen molar-refractivity contribution in [2.45, 2.75) is 26.7 Å². The van der Waals surface area contributed by atoms with Crippen molar-refractivity contribution in [3.8, 4) is 0 Å². The van der Waals surface area contributed by atoms with Gasteiger partial charge in [0.1, 0.15) is 0 Å². The third kappa shape index (κ3) is 3.34. The summed E-state index contributed by atoms with van der Waals surface area (Å²) in [5.41, 5.74) is 1.96. The Morgan fingerprint density at radius 2 is 2.13 bits per heavy atom. The van der Waals surface area contributed by atoms with Crippen LogP contribution in [-0.4, -0.2) is 23.6 Å². The van der Waals surface area contributed by atoms with E-state index in [1.54, 1.807) is 0 Å². The van der Waals surface area contributed by atoms with Crippen molar-refractivity contribution >= 4 is 17.5 Å². The molecule has 84 valence electrons. The molecule has 0 radical (unpaired) electrons. The lowest BCUT2D eigenvalue weighted by Crippen LogP contribution is -2.24. The maximum Gasteiger partial charge on any atom is 0.225 e. The summed E-state index contributed by atoms with van der Waals surface area (Å²) in [7, 11) is 2.01. The normalized spacial score (nSPS) is 10.8. The summed E-state index contributed by atoms with van der Waals surface area (Å²) < 4.78 is 0. The van der Waals surface area contributed by atoms with Crippen molar-refractivity contribution in [2.75, 3.05) is 18.5 Å². The van der Waals surface area contributed by atoms with Crippen LogP contribution in [0.25, 0.3) is 0 Å². The molecule has 0 spiro atoms. The molecule has 0 amide bonds. The van der Waals surface area contributed by atoms with Gasteiger partial charge in [0.15, 0.2) is 0 Å². The Bertz CT molecular complexity index is 326. The van der Waals surface area contributed by atoms with Crippen molar-refractivity contribution in [2.24, 2.45) is 5.92 Å². The summed E-state index contributed by atoms with van der Waals surface area (Å²) >= 11 is 5.75. The van der Waals surface area contributed by atoms with Gasteiger partial charge in [0.25, 0.3) is 0 Å². The average molecular weight is 228 g/mol. The first kappa shape index (κ1) is 12.2. The fourth-order valence-electron chi connectivity index (χ4n) is 1.42. The lowest BCUT2D eigenvalue weighted by Gasteiger charge is -2.19. The molecule has 1 heterocycles. The second kappa shape index (κ2) is 5.31. The van der Waals surface area contributed by atoms with E-state index in [4.69, 9.17) is 11.6 Å². The Hall–Kier alpha value is -0.830. The van der Waals surface area contributed by atoms with Crippen LogP contribution in [0.5, 0.6) is 0 Å². The van der Waals surface area contributed by atoms with Gasteiger partial charge >= 0.3 is 0 Å². The molecule has 0 fully saturated rings. The minimum Gasteiger partial charge on any atom is -0.344 e. The van der Waals surface area contributed by atoms with Gasteiger partial charge in [-0.25, -0.2) is 9.97 Å². The molecule has 3 nitrogen and oxygen atoms in total. The largest absolute Gasteiger partial charge is 0.344 e. The number of hydrogen-bond donors (Lipinski definition) is 0. The van der Waals surface area contributed by atoms with E-state index < -0.39 is 0 Å². The van der Waals surface area contributed by atoms with Crippen LogP contribution in [0.1, 0.15) is 25.1 Å². The van der Waals surface area contributed by atoms with Crippen molar-refractivity contribution in [3.05, 3.63) is 17.5 Å². The molecule has 0 saturated carbocycles. The van der Waals surface area contributed by atoms with Gasteiger partial charge in [-0.15, -0.1) is 11.6 Å². The summed E-state index contributed by atoms with van der Waals surface area (Å²) in [6.45, 7) is 7.28. The third-order valence-electron chi connectivity index (χ3n) is 2.19. The molecule has 0 N–H and O–H groups in total. The van der Waals surface area contributed by atoms with Crippen LogP contribution in [0.4, 0.5) is 5.95 Å². The number of halogens is 1. The number of rotatable bonds is 4. The first-order valence-electron chi connectivity index (χ1n) is 5.14. The van der Waals surface area contributed by atoms with E-state index in [9.17, 15) is 0 Å². The molecule has 0 bridgehead atoms. The number of aromatic nitrogens is 2. The molecular formula is C11H18ClN3. The molecule has 0 saturated heterocycles. The van der Waals surface area contributed by atoms with Crippen molar-refractivity contribution in [3.63, 3.8) is 0 Å². The van der Waals surface area contributed by atoms with Crippen LogP contribution in [0.3, 0.4) is 0 Å². The second-order valence-corrected chi connectivity index (χ2v) is 4.46. The predicted octanol–water partition coefficient (Wildman–Crippen LogP) is 2.62. The topological polar surface area (TPSA) is 29.0 Å². The van der Waals surface area contributed by atoms with Gasteiger partial charge in [-0.05, 0) is 12.8 Å². The molecule has 0 aliphatic carbocycles. The van der Waals surface area contributed by atoms with Crippen LogP contribution in [0.2, 0.25) is 0 Å². The van der Waals surface area contributed by atoms with E-state index in [-0.39, 0.29) is 0 Å². The Morgan fingerprint density at radius 1 is 1.47 bits per heavy atom. The summed E-state index contributed by atoms with van der Waals surface area (Å²) in [4.78, 5) is 10.8. The Labute approximate surface area is 96.5 Å². The Morgan fingerprint density at radius 3 is 2.60 bits per heavy atom. The number of anilines is 1. The van der Waals surface area contributed by atoms with E-state index >= 15 is 0 Å². The van der Waals surface area contributed by atoms with Gasteiger partial charge in [0.2, 0.25) is 5.95 Å². The van der Waals surface area contributed by atoms with E-state index in [2.05, 4.69) is 28.7 Å². The van der Waals surface area contributed by atoms with Crippen LogP contribution < -0.4 is 4.90 Å². The average Bonchev–Trinajstić information content (AvgIpc) is 2.16. The van der Waals surface area contributed by atoms with Crippen molar-refractivity contribution in [1.82, 2.24) is 9.97 Å². The van der Waals surface area contributed by atoms with Crippen LogP contribution in [0, 0.1) is 12.8 Å².